The molecule has 1 aliphatic carbocycles. The Balaban J connectivity index is 1.74. The Kier molecular flexibility index (Phi) is 3.86. The van der Waals surface area contributed by atoms with Gasteiger partial charge in [-0.25, -0.2) is 0 Å². The van der Waals surface area contributed by atoms with Crippen LogP contribution in [0.25, 0.3) is 22.8 Å². The van der Waals surface area contributed by atoms with Gasteiger partial charge in [0.05, 0.1) is 0 Å². The Morgan fingerprint density at radius 1 is 0.875 bits per heavy atom. The summed E-state index contributed by atoms with van der Waals surface area (Å²) in [6, 6.07) is 19.7. The van der Waals surface area contributed by atoms with Crippen molar-refractivity contribution in [1.29, 1.82) is 0 Å². The summed E-state index contributed by atoms with van der Waals surface area (Å²) in [5.41, 5.74) is 7.98. The molecule has 1 aliphatic rings. The van der Waals surface area contributed by atoms with Crippen molar-refractivity contribution in [1.82, 2.24) is 0 Å². The van der Waals surface area contributed by atoms with E-state index in [1.807, 2.05) is 0 Å². The minimum Gasteiger partial charge on any atom is -0.461 e. The standard InChI is InChI=1S/C23H22O/c1-3-16-8-10-17(11-9-16)21-7-5-6-18-14-19(15-22(18)21)23-13-12-20(4-2)24-23/h5-13,15H,3-4,14H2,1-2H3. The Bertz CT molecular complexity index is 894. The minimum atomic E-state index is 0.940. The first-order valence-electron chi connectivity index (χ1n) is 8.79. The molecule has 1 aromatic heterocycles. The first kappa shape index (κ1) is 15.0. The molecule has 0 fully saturated rings. The zero-order valence-corrected chi connectivity index (χ0v) is 14.3. The highest BCUT2D eigenvalue weighted by Crippen LogP contribution is 2.38. The summed E-state index contributed by atoms with van der Waals surface area (Å²) in [5, 5.41) is 0. The van der Waals surface area contributed by atoms with Gasteiger partial charge in [-0.3, -0.25) is 0 Å². The second-order valence-electron chi connectivity index (χ2n) is 6.39. The third kappa shape index (κ3) is 2.60. The number of benzene rings is 2. The summed E-state index contributed by atoms with van der Waals surface area (Å²) in [5.74, 6) is 2.06. The second-order valence-corrected chi connectivity index (χ2v) is 6.39. The van der Waals surface area contributed by atoms with Gasteiger partial charge in [-0.05, 0) is 58.0 Å². The van der Waals surface area contributed by atoms with E-state index < -0.39 is 0 Å². The normalized spacial score (nSPS) is 13.0. The molecule has 1 nitrogen and oxygen atoms in total. The Morgan fingerprint density at radius 2 is 1.71 bits per heavy atom. The number of fused-ring (bicyclic) bond motifs is 1. The maximum Gasteiger partial charge on any atom is 0.130 e. The van der Waals surface area contributed by atoms with Gasteiger partial charge in [-0.15, -0.1) is 0 Å². The van der Waals surface area contributed by atoms with Crippen LogP contribution in [-0.2, 0) is 19.3 Å². The Labute approximate surface area is 143 Å². The summed E-state index contributed by atoms with van der Waals surface area (Å²) < 4.78 is 5.96. The topological polar surface area (TPSA) is 13.1 Å². The maximum atomic E-state index is 5.96. The molecule has 2 aromatic carbocycles. The molecular weight excluding hydrogens is 292 g/mol. The van der Waals surface area contributed by atoms with Crippen LogP contribution in [0.2, 0.25) is 0 Å². The van der Waals surface area contributed by atoms with E-state index in [9.17, 15) is 0 Å². The van der Waals surface area contributed by atoms with E-state index in [1.54, 1.807) is 0 Å². The highest BCUT2D eigenvalue weighted by Gasteiger charge is 2.19. The van der Waals surface area contributed by atoms with Crippen molar-refractivity contribution in [2.45, 2.75) is 33.1 Å². The molecular formula is C23H22O. The number of rotatable bonds is 4. The van der Waals surface area contributed by atoms with E-state index in [0.29, 0.717) is 0 Å². The molecule has 24 heavy (non-hydrogen) atoms. The van der Waals surface area contributed by atoms with Crippen LogP contribution in [0.5, 0.6) is 0 Å². The molecule has 1 heteroatoms. The van der Waals surface area contributed by atoms with Gasteiger partial charge in [-0.2, -0.15) is 0 Å². The first-order valence-corrected chi connectivity index (χ1v) is 8.79. The highest BCUT2D eigenvalue weighted by atomic mass is 16.3. The largest absolute Gasteiger partial charge is 0.461 e. The fourth-order valence-corrected chi connectivity index (χ4v) is 3.44. The van der Waals surface area contributed by atoms with E-state index in [0.717, 1.165) is 30.8 Å². The van der Waals surface area contributed by atoms with Crippen LogP contribution in [0.4, 0.5) is 0 Å². The second kappa shape index (κ2) is 6.16. The van der Waals surface area contributed by atoms with E-state index in [-0.39, 0.29) is 0 Å². The van der Waals surface area contributed by atoms with Crippen LogP contribution < -0.4 is 0 Å². The van der Waals surface area contributed by atoms with Crippen molar-refractivity contribution < 1.29 is 4.42 Å². The van der Waals surface area contributed by atoms with Gasteiger partial charge in [0.25, 0.3) is 0 Å². The lowest BCUT2D eigenvalue weighted by Crippen LogP contribution is -1.88. The average Bonchev–Trinajstić information content (AvgIpc) is 3.27. The van der Waals surface area contributed by atoms with Crippen LogP contribution in [0.1, 0.15) is 42.1 Å². The lowest BCUT2D eigenvalue weighted by molar-refractivity contribution is 0.503. The molecule has 0 N–H and O–H groups in total. The van der Waals surface area contributed by atoms with E-state index in [4.69, 9.17) is 4.42 Å². The molecule has 0 atom stereocenters. The molecule has 1 heterocycles. The third-order valence-electron chi connectivity index (χ3n) is 4.90. The van der Waals surface area contributed by atoms with Gasteiger partial charge in [0.15, 0.2) is 0 Å². The van der Waals surface area contributed by atoms with Gasteiger partial charge < -0.3 is 4.42 Å². The third-order valence-corrected chi connectivity index (χ3v) is 4.90. The lowest BCUT2D eigenvalue weighted by Gasteiger charge is -2.08. The maximum absolute atomic E-state index is 5.96. The zero-order chi connectivity index (χ0) is 16.5. The molecule has 0 bridgehead atoms. The molecule has 0 spiro atoms. The van der Waals surface area contributed by atoms with Gasteiger partial charge >= 0.3 is 0 Å². The summed E-state index contributed by atoms with van der Waals surface area (Å²) >= 11 is 0. The molecule has 3 aromatic rings. The SMILES string of the molecule is CCc1ccc(-c2cccc3c2C=C(c2ccc(CC)o2)C3)cc1. The highest BCUT2D eigenvalue weighted by molar-refractivity contribution is 5.92. The predicted octanol–water partition coefficient (Wildman–Crippen LogP) is 6.17. The molecule has 0 amide bonds. The molecule has 0 unspecified atom stereocenters. The van der Waals surface area contributed by atoms with Crippen molar-refractivity contribution in [3.8, 4) is 11.1 Å². The van der Waals surface area contributed by atoms with Crippen molar-refractivity contribution >= 4 is 11.6 Å². The number of allylic oxidation sites excluding steroid dienone is 1. The van der Waals surface area contributed by atoms with E-state index in [1.165, 1.54) is 33.4 Å². The van der Waals surface area contributed by atoms with E-state index >= 15 is 0 Å². The van der Waals surface area contributed by atoms with Crippen LogP contribution in [0, 0.1) is 0 Å². The quantitative estimate of drug-likeness (QED) is 0.561. The van der Waals surface area contributed by atoms with E-state index in [2.05, 4.69) is 74.5 Å². The summed E-state index contributed by atoms with van der Waals surface area (Å²) in [7, 11) is 0. The van der Waals surface area contributed by atoms with Crippen LogP contribution >= 0.6 is 0 Å². The van der Waals surface area contributed by atoms with Gasteiger partial charge in [0.1, 0.15) is 11.5 Å². The fraction of sp³-hybridized carbons (Fsp3) is 0.217. The fourth-order valence-electron chi connectivity index (χ4n) is 3.44. The summed E-state index contributed by atoms with van der Waals surface area (Å²) in [6.07, 6.45) is 5.27. The zero-order valence-electron chi connectivity index (χ0n) is 14.3. The van der Waals surface area contributed by atoms with Gasteiger partial charge in [0, 0.05) is 12.8 Å². The molecule has 0 aliphatic heterocycles. The van der Waals surface area contributed by atoms with Crippen molar-refractivity contribution in [2.75, 3.05) is 0 Å². The molecule has 0 saturated carbocycles. The van der Waals surface area contributed by atoms with Gasteiger partial charge in [-0.1, -0.05) is 56.3 Å². The number of furan rings is 1. The average molecular weight is 314 g/mol. The van der Waals surface area contributed by atoms with Crippen LogP contribution in [0.15, 0.2) is 59.0 Å². The molecule has 120 valence electrons. The minimum absolute atomic E-state index is 0.940. The van der Waals surface area contributed by atoms with Crippen molar-refractivity contribution in [3.63, 3.8) is 0 Å². The predicted molar refractivity (Wildman–Crippen MR) is 101 cm³/mol. The Hall–Kier alpha value is -2.54. The molecule has 0 saturated heterocycles. The van der Waals surface area contributed by atoms with Crippen LogP contribution in [0.3, 0.4) is 0 Å². The first-order chi connectivity index (χ1) is 11.8. The Morgan fingerprint density at radius 3 is 2.42 bits per heavy atom. The smallest absolute Gasteiger partial charge is 0.130 e. The van der Waals surface area contributed by atoms with Crippen molar-refractivity contribution in [2.24, 2.45) is 0 Å². The van der Waals surface area contributed by atoms with Crippen LogP contribution in [-0.4, -0.2) is 0 Å². The molecule has 4 rings (SSSR count). The summed E-state index contributed by atoms with van der Waals surface area (Å²) in [6.45, 7) is 4.32. The van der Waals surface area contributed by atoms with Crippen molar-refractivity contribution in [3.05, 3.63) is 82.8 Å². The van der Waals surface area contributed by atoms with Gasteiger partial charge in [0.2, 0.25) is 0 Å². The number of hydrogen-bond donors (Lipinski definition) is 0. The summed E-state index contributed by atoms with van der Waals surface area (Å²) in [4.78, 5) is 0. The number of hydrogen-bond acceptors (Lipinski definition) is 1. The number of aryl methyl sites for hydroxylation is 2. The monoisotopic (exact) mass is 314 g/mol. The lowest BCUT2D eigenvalue weighted by atomic mass is 9.96. The molecule has 0 radical (unpaired) electrons.